The van der Waals surface area contributed by atoms with Crippen LogP contribution in [0, 0.1) is 0 Å². The van der Waals surface area contributed by atoms with Crippen LogP contribution in [0.5, 0.6) is 0 Å². The van der Waals surface area contributed by atoms with Crippen molar-refractivity contribution in [3.63, 3.8) is 0 Å². The Labute approximate surface area is 83.5 Å². The molecule has 1 aliphatic rings. The highest BCUT2D eigenvalue weighted by atomic mass is 16.2. The average molecular weight is 190 g/mol. The molecule has 1 aromatic rings. The number of hydrogen-bond donors (Lipinski definition) is 1. The molecular weight excluding hydrogens is 176 g/mol. The van der Waals surface area contributed by atoms with Gasteiger partial charge >= 0.3 is 0 Å². The number of carbonyl (C=O) groups excluding carboxylic acids is 1. The van der Waals surface area contributed by atoms with Gasteiger partial charge in [-0.2, -0.15) is 0 Å². The van der Waals surface area contributed by atoms with E-state index in [9.17, 15) is 4.79 Å². The normalized spacial score (nSPS) is 17.1. The third-order valence-corrected chi connectivity index (χ3v) is 2.64. The molecule has 3 heteroatoms. The lowest BCUT2D eigenvalue weighted by Crippen LogP contribution is -2.19. The highest BCUT2D eigenvalue weighted by Crippen LogP contribution is 2.27. The standard InChI is InChI=1S/C11H14N2O/c1-7(12)9-5-3-4-8-6-13(2)11(14)10(8)9/h3-5,7H,6,12H2,1-2H3. The highest BCUT2D eigenvalue weighted by molar-refractivity contribution is 5.99. The summed E-state index contributed by atoms with van der Waals surface area (Å²) in [6, 6.07) is 5.80. The molecule has 0 spiro atoms. The van der Waals surface area contributed by atoms with E-state index >= 15 is 0 Å². The number of amides is 1. The van der Waals surface area contributed by atoms with E-state index in [1.54, 1.807) is 4.90 Å². The molecule has 0 saturated carbocycles. The van der Waals surface area contributed by atoms with Crippen molar-refractivity contribution < 1.29 is 4.79 Å². The summed E-state index contributed by atoms with van der Waals surface area (Å²) in [6.07, 6.45) is 0. The Kier molecular flexibility index (Phi) is 2.04. The predicted molar refractivity (Wildman–Crippen MR) is 54.8 cm³/mol. The molecule has 0 fully saturated rings. The molecule has 1 aromatic carbocycles. The molecule has 1 aliphatic heterocycles. The van der Waals surface area contributed by atoms with Gasteiger partial charge in [-0.3, -0.25) is 4.79 Å². The van der Waals surface area contributed by atoms with Crippen molar-refractivity contribution in [3.05, 3.63) is 34.9 Å². The van der Waals surface area contributed by atoms with E-state index in [-0.39, 0.29) is 11.9 Å². The van der Waals surface area contributed by atoms with Crippen LogP contribution < -0.4 is 5.73 Å². The monoisotopic (exact) mass is 190 g/mol. The minimum atomic E-state index is -0.0830. The molecule has 0 aromatic heterocycles. The molecule has 0 bridgehead atoms. The molecule has 2 N–H and O–H groups in total. The fraction of sp³-hybridized carbons (Fsp3) is 0.364. The molecular formula is C11H14N2O. The fourth-order valence-electron chi connectivity index (χ4n) is 1.91. The first kappa shape index (κ1) is 9.21. The van der Waals surface area contributed by atoms with Crippen molar-refractivity contribution in [1.82, 2.24) is 4.90 Å². The number of fused-ring (bicyclic) bond motifs is 1. The van der Waals surface area contributed by atoms with Crippen LogP contribution in [0.4, 0.5) is 0 Å². The number of carbonyl (C=O) groups is 1. The Balaban J connectivity index is 2.58. The van der Waals surface area contributed by atoms with E-state index < -0.39 is 0 Å². The van der Waals surface area contributed by atoms with Crippen LogP contribution in [0.2, 0.25) is 0 Å². The zero-order valence-electron chi connectivity index (χ0n) is 8.45. The SMILES string of the molecule is CC(N)c1cccc2c1C(=O)N(C)C2. The lowest BCUT2D eigenvalue weighted by atomic mass is 9.99. The summed E-state index contributed by atoms with van der Waals surface area (Å²) in [4.78, 5) is 13.5. The van der Waals surface area contributed by atoms with Gasteiger partial charge in [0.1, 0.15) is 0 Å². The maximum absolute atomic E-state index is 11.8. The Bertz CT molecular complexity index is 385. The number of hydrogen-bond acceptors (Lipinski definition) is 2. The molecule has 14 heavy (non-hydrogen) atoms. The highest BCUT2D eigenvalue weighted by Gasteiger charge is 2.27. The minimum Gasteiger partial charge on any atom is -0.337 e. The van der Waals surface area contributed by atoms with Gasteiger partial charge in [-0.25, -0.2) is 0 Å². The van der Waals surface area contributed by atoms with Gasteiger partial charge in [0.05, 0.1) is 0 Å². The molecule has 2 rings (SSSR count). The van der Waals surface area contributed by atoms with Gasteiger partial charge in [0.25, 0.3) is 5.91 Å². The Morgan fingerprint density at radius 3 is 2.86 bits per heavy atom. The molecule has 74 valence electrons. The fourth-order valence-corrected chi connectivity index (χ4v) is 1.91. The van der Waals surface area contributed by atoms with Crippen LogP contribution in [-0.4, -0.2) is 17.9 Å². The molecule has 0 aliphatic carbocycles. The Morgan fingerprint density at radius 1 is 1.50 bits per heavy atom. The average Bonchev–Trinajstić information content (AvgIpc) is 2.43. The van der Waals surface area contributed by atoms with Crippen molar-refractivity contribution in [2.24, 2.45) is 5.73 Å². The smallest absolute Gasteiger partial charge is 0.254 e. The predicted octanol–water partition coefficient (Wildman–Crippen LogP) is 1.29. The molecule has 3 nitrogen and oxygen atoms in total. The topological polar surface area (TPSA) is 46.3 Å². The third kappa shape index (κ3) is 1.21. The second kappa shape index (κ2) is 3.10. The molecule has 0 radical (unpaired) electrons. The summed E-state index contributed by atoms with van der Waals surface area (Å²) < 4.78 is 0. The van der Waals surface area contributed by atoms with Gasteiger partial charge < -0.3 is 10.6 Å². The minimum absolute atomic E-state index is 0.0830. The van der Waals surface area contributed by atoms with Gasteiger partial charge in [0.2, 0.25) is 0 Å². The van der Waals surface area contributed by atoms with E-state index in [4.69, 9.17) is 5.73 Å². The van der Waals surface area contributed by atoms with E-state index in [2.05, 4.69) is 0 Å². The maximum atomic E-state index is 11.8. The van der Waals surface area contributed by atoms with Crippen LogP contribution >= 0.6 is 0 Å². The second-order valence-corrected chi connectivity index (χ2v) is 3.83. The molecule has 1 heterocycles. The first-order valence-corrected chi connectivity index (χ1v) is 4.74. The first-order valence-electron chi connectivity index (χ1n) is 4.74. The van der Waals surface area contributed by atoms with E-state index in [1.165, 1.54) is 0 Å². The van der Waals surface area contributed by atoms with Crippen LogP contribution in [-0.2, 0) is 6.54 Å². The largest absolute Gasteiger partial charge is 0.337 e. The van der Waals surface area contributed by atoms with Gasteiger partial charge in [0.15, 0.2) is 0 Å². The quantitative estimate of drug-likeness (QED) is 0.725. The van der Waals surface area contributed by atoms with Crippen molar-refractivity contribution in [2.45, 2.75) is 19.5 Å². The van der Waals surface area contributed by atoms with E-state index in [1.807, 2.05) is 32.2 Å². The third-order valence-electron chi connectivity index (χ3n) is 2.64. The van der Waals surface area contributed by atoms with Gasteiger partial charge in [0, 0.05) is 25.2 Å². The van der Waals surface area contributed by atoms with Crippen molar-refractivity contribution >= 4 is 5.91 Å². The second-order valence-electron chi connectivity index (χ2n) is 3.83. The Morgan fingerprint density at radius 2 is 2.21 bits per heavy atom. The molecule has 0 saturated heterocycles. The summed E-state index contributed by atoms with van der Waals surface area (Å²) in [5.41, 5.74) is 8.68. The van der Waals surface area contributed by atoms with Gasteiger partial charge in [-0.1, -0.05) is 18.2 Å². The van der Waals surface area contributed by atoms with Crippen LogP contribution in [0.15, 0.2) is 18.2 Å². The number of benzene rings is 1. The van der Waals surface area contributed by atoms with Crippen molar-refractivity contribution in [2.75, 3.05) is 7.05 Å². The van der Waals surface area contributed by atoms with E-state index in [0.717, 1.165) is 16.7 Å². The lowest BCUT2D eigenvalue weighted by Gasteiger charge is -2.10. The van der Waals surface area contributed by atoms with Crippen molar-refractivity contribution in [1.29, 1.82) is 0 Å². The zero-order valence-corrected chi connectivity index (χ0v) is 8.45. The number of rotatable bonds is 1. The van der Waals surface area contributed by atoms with Crippen LogP contribution in [0.1, 0.15) is 34.5 Å². The summed E-state index contributed by atoms with van der Waals surface area (Å²) in [5.74, 6) is 0.0906. The first-order chi connectivity index (χ1) is 6.61. The van der Waals surface area contributed by atoms with Crippen LogP contribution in [0.3, 0.4) is 0 Å². The molecule has 1 unspecified atom stereocenters. The summed E-state index contributed by atoms with van der Waals surface area (Å²) in [5, 5.41) is 0. The van der Waals surface area contributed by atoms with Crippen LogP contribution in [0.25, 0.3) is 0 Å². The lowest BCUT2D eigenvalue weighted by molar-refractivity contribution is 0.0815. The summed E-state index contributed by atoms with van der Waals surface area (Å²) in [7, 11) is 1.81. The summed E-state index contributed by atoms with van der Waals surface area (Å²) >= 11 is 0. The number of nitrogens with zero attached hydrogens (tertiary/aromatic N) is 1. The van der Waals surface area contributed by atoms with Gasteiger partial charge in [-0.15, -0.1) is 0 Å². The number of nitrogens with two attached hydrogens (primary N) is 1. The maximum Gasteiger partial charge on any atom is 0.254 e. The molecule has 1 amide bonds. The summed E-state index contributed by atoms with van der Waals surface area (Å²) in [6.45, 7) is 2.61. The Hall–Kier alpha value is -1.35. The van der Waals surface area contributed by atoms with Gasteiger partial charge in [-0.05, 0) is 18.1 Å². The van der Waals surface area contributed by atoms with Crippen molar-refractivity contribution in [3.8, 4) is 0 Å². The van der Waals surface area contributed by atoms with E-state index in [0.29, 0.717) is 6.54 Å². The molecule has 1 atom stereocenters. The zero-order chi connectivity index (χ0) is 10.3.